The molecular weight excluding hydrogens is 350 g/mol. The van der Waals surface area contributed by atoms with Crippen molar-refractivity contribution in [3.8, 4) is 5.75 Å². The average molecular weight is 373 g/mol. The van der Waals surface area contributed by atoms with Gasteiger partial charge < -0.3 is 15.8 Å². The van der Waals surface area contributed by atoms with Crippen molar-refractivity contribution < 1.29 is 14.3 Å². The molecule has 0 atom stereocenters. The summed E-state index contributed by atoms with van der Waals surface area (Å²) in [4.78, 5) is 27.6. The number of nitrogens with two attached hydrogens (primary N) is 1. The number of amides is 2. The van der Waals surface area contributed by atoms with Crippen LogP contribution >= 0.6 is 11.3 Å². The van der Waals surface area contributed by atoms with Crippen LogP contribution in [0.5, 0.6) is 5.75 Å². The van der Waals surface area contributed by atoms with Gasteiger partial charge >= 0.3 is 0 Å². The Morgan fingerprint density at radius 3 is 2.77 bits per heavy atom. The molecule has 6 nitrogen and oxygen atoms in total. The molecule has 0 unspecified atom stereocenters. The van der Waals surface area contributed by atoms with Crippen molar-refractivity contribution in [2.45, 2.75) is 26.3 Å². The molecule has 0 spiro atoms. The lowest BCUT2D eigenvalue weighted by atomic mass is 10.0. The lowest BCUT2D eigenvalue weighted by Gasteiger charge is -2.25. The van der Waals surface area contributed by atoms with E-state index in [-0.39, 0.29) is 18.9 Å². The van der Waals surface area contributed by atoms with Crippen LogP contribution in [0.15, 0.2) is 30.3 Å². The summed E-state index contributed by atoms with van der Waals surface area (Å²) in [6.07, 6.45) is 0.988. The highest BCUT2D eigenvalue weighted by molar-refractivity contribution is 7.17. The Balaban J connectivity index is 1.64. The van der Waals surface area contributed by atoms with Crippen molar-refractivity contribution in [1.29, 1.82) is 0 Å². The standard InChI is InChI=1S/C19H23N3O3S/c1-2-22-10-8-14-15(12-22)26-19(17(14)18(20)24)21-16(23)9-11-25-13-6-4-3-5-7-13/h3-7H,2,8-12H2,1H3,(H2,20,24)(H,21,23). The highest BCUT2D eigenvalue weighted by Crippen LogP contribution is 2.36. The lowest BCUT2D eigenvalue weighted by Crippen LogP contribution is -2.30. The second kappa shape index (κ2) is 8.33. The third kappa shape index (κ3) is 4.23. The zero-order chi connectivity index (χ0) is 18.5. The van der Waals surface area contributed by atoms with Gasteiger partial charge in [-0.3, -0.25) is 14.5 Å². The minimum atomic E-state index is -0.483. The van der Waals surface area contributed by atoms with E-state index < -0.39 is 5.91 Å². The van der Waals surface area contributed by atoms with Gasteiger partial charge in [0.15, 0.2) is 0 Å². The second-order valence-corrected chi connectivity index (χ2v) is 7.26. The number of ether oxygens (including phenoxy) is 1. The van der Waals surface area contributed by atoms with Gasteiger partial charge in [-0.15, -0.1) is 11.3 Å². The number of likely N-dealkylation sites (N-methyl/N-ethyl adjacent to an activating group) is 1. The van der Waals surface area contributed by atoms with Crippen LogP contribution in [0.1, 0.15) is 34.1 Å². The number of primary amides is 1. The van der Waals surface area contributed by atoms with Crippen molar-refractivity contribution >= 4 is 28.2 Å². The zero-order valence-electron chi connectivity index (χ0n) is 14.8. The zero-order valence-corrected chi connectivity index (χ0v) is 15.6. The minimum absolute atomic E-state index is 0.186. The Bertz CT molecular complexity index is 789. The number of fused-ring (bicyclic) bond motifs is 1. The van der Waals surface area contributed by atoms with Crippen LogP contribution in [0, 0.1) is 0 Å². The molecule has 0 aliphatic carbocycles. The van der Waals surface area contributed by atoms with Gasteiger partial charge in [0, 0.05) is 18.0 Å². The van der Waals surface area contributed by atoms with Crippen molar-refractivity contribution in [3.05, 3.63) is 46.3 Å². The molecule has 2 amide bonds. The summed E-state index contributed by atoms with van der Waals surface area (Å²) in [7, 11) is 0. The molecule has 2 heterocycles. The third-order valence-corrected chi connectivity index (χ3v) is 5.56. The van der Waals surface area contributed by atoms with E-state index in [0.717, 1.165) is 42.2 Å². The van der Waals surface area contributed by atoms with E-state index in [1.54, 1.807) is 0 Å². The first-order chi connectivity index (χ1) is 12.6. The number of hydrogen-bond donors (Lipinski definition) is 2. The summed E-state index contributed by atoms with van der Waals surface area (Å²) in [5, 5.41) is 3.41. The number of para-hydroxylation sites is 1. The van der Waals surface area contributed by atoms with Crippen LogP contribution in [0.3, 0.4) is 0 Å². The van der Waals surface area contributed by atoms with E-state index in [9.17, 15) is 9.59 Å². The lowest BCUT2D eigenvalue weighted by molar-refractivity contribution is -0.116. The Morgan fingerprint density at radius 1 is 1.31 bits per heavy atom. The summed E-state index contributed by atoms with van der Waals surface area (Å²) in [6, 6.07) is 9.35. The fraction of sp³-hybridized carbons (Fsp3) is 0.368. The maximum atomic E-state index is 12.3. The molecule has 1 aromatic heterocycles. The molecule has 26 heavy (non-hydrogen) atoms. The Morgan fingerprint density at radius 2 is 2.08 bits per heavy atom. The van der Waals surface area contributed by atoms with Crippen molar-refractivity contribution in [3.63, 3.8) is 0 Å². The molecule has 138 valence electrons. The van der Waals surface area contributed by atoms with Gasteiger partial charge in [-0.1, -0.05) is 25.1 Å². The number of rotatable bonds is 7. The van der Waals surface area contributed by atoms with Gasteiger partial charge in [0.1, 0.15) is 10.8 Å². The predicted octanol–water partition coefficient (Wildman–Crippen LogP) is 2.63. The smallest absolute Gasteiger partial charge is 0.251 e. The largest absolute Gasteiger partial charge is 0.493 e. The molecule has 1 aliphatic rings. The number of carbonyl (C=O) groups excluding carboxylic acids is 2. The van der Waals surface area contributed by atoms with Crippen LogP contribution in [-0.2, 0) is 17.8 Å². The minimum Gasteiger partial charge on any atom is -0.493 e. The van der Waals surface area contributed by atoms with E-state index in [0.29, 0.717) is 10.6 Å². The summed E-state index contributed by atoms with van der Waals surface area (Å²) < 4.78 is 5.55. The van der Waals surface area contributed by atoms with E-state index in [2.05, 4.69) is 17.1 Å². The SMILES string of the molecule is CCN1CCc2c(sc(NC(=O)CCOc3ccccc3)c2C(N)=O)C1. The molecule has 3 N–H and O–H groups in total. The number of benzene rings is 1. The number of nitrogens with zero attached hydrogens (tertiary/aromatic N) is 1. The molecule has 0 saturated heterocycles. The fourth-order valence-corrected chi connectivity index (χ4v) is 4.35. The van der Waals surface area contributed by atoms with E-state index in [4.69, 9.17) is 10.5 Å². The molecule has 0 fully saturated rings. The maximum absolute atomic E-state index is 12.3. The molecular formula is C19H23N3O3S. The summed E-state index contributed by atoms with van der Waals surface area (Å²) >= 11 is 1.45. The quantitative estimate of drug-likeness (QED) is 0.781. The van der Waals surface area contributed by atoms with Crippen LogP contribution in [-0.4, -0.2) is 36.4 Å². The first-order valence-corrected chi connectivity index (χ1v) is 9.54. The topological polar surface area (TPSA) is 84.7 Å². The molecule has 0 radical (unpaired) electrons. The van der Waals surface area contributed by atoms with Gasteiger partial charge in [0.05, 0.1) is 18.6 Å². The third-order valence-electron chi connectivity index (χ3n) is 4.42. The molecule has 0 bridgehead atoms. The van der Waals surface area contributed by atoms with Crippen LogP contribution in [0.25, 0.3) is 0 Å². The van der Waals surface area contributed by atoms with E-state index in [1.807, 2.05) is 30.3 Å². The van der Waals surface area contributed by atoms with Crippen molar-refractivity contribution in [2.24, 2.45) is 5.73 Å². The number of anilines is 1. The Kier molecular flexibility index (Phi) is 5.90. The van der Waals surface area contributed by atoms with E-state index in [1.165, 1.54) is 11.3 Å². The predicted molar refractivity (Wildman–Crippen MR) is 103 cm³/mol. The molecule has 3 rings (SSSR count). The van der Waals surface area contributed by atoms with Gasteiger partial charge in [0.25, 0.3) is 5.91 Å². The van der Waals surface area contributed by atoms with Gasteiger partial charge in [-0.05, 0) is 30.7 Å². The summed E-state index contributed by atoms with van der Waals surface area (Å²) in [5.74, 6) is 0.0574. The fourth-order valence-electron chi connectivity index (χ4n) is 3.04. The first-order valence-electron chi connectivity index (χ1n) is 8.73. The molecule has 7 heteroatoms. The van der Waals surface area contributed by atoms with Crippen LogP contribution in [0.2, 0.25) is 0 Å². The average Bonchev–Trinajstić information content (AvgIpc) is 2.99. The number of hydrogen-bond acceptors (Lipinski definition) is 5. The van der Waals surface area contributed by atoms with E-state index >= 15 is 0 Å². The Labute approximate surface area is 156 Å². The monoisotopic (exact) mass is 373 g/mol. The second-order valence-electron chi connectivity index (χ2n) is 6.15. The highest BCUT2D eigenvalue weighted by Gasteiger charge is 2.27. The van der Waals surface area contributed by atoms with Crippen molar-refractivity contribution in [2.75, 3.05) is 25.0 Å². The number of thiophene rings is 1. The highest BCUT2D eigenvalue weighted by atomic mass is 32.1. The normalized spacial score (nSPS) is 13.9. The maximum Gasteiger partial charge on any atom is 0.251 e. The Hall–Kier alpha value is -2.38. The molecule has 1 aromatic carbocycles. The summed E-state index contributed by atoms with van der Waals surface area (Å²) in [6.45, 7) is 5.05. The van der Waals surface area contributed by atoms with Crippen LogP contribution in [0.4, 0.5) is 5.00 Å². The number of nitrogens with one attached hydrogen (secondary N) is 1. The van der Waals surface area contributed by atoms with Gasteiger partial charge in [-0.2, -0.15) is 0 Å². The van der Waals surface area contributed by atoms with Crippen molar-refractivity contribution in [1.82, 2.24) is 4.90 Å². The molecule has 1 aliphatic heterocycles. The molecule has 0 saturated carbocycles. The van der Waals surface area contributed by atoms with Gasteiger partial charge in [-0.25, -0.2) is 0 Å². The summed E-state index contributed by atoms with van der Waals surface area (Å²) in [5.41, 5.74) is 7.04. The molecule has 2 aromatic rings. The number of carbonyl (C=O) groups is 2. The van der Waals surface area contributed by atoms with Gasteiger partial charge in [0.2, 0.25) is 5.91 Å². The first kappa shape index (κ1) is 18.4. The van der Waals surface area contributed by atoms with Crippen LogP contribution < -0.4 is 15.8 Å².